The Kier molecular flexibility index (Phi) is 5.89. The third-order valence-corrected chi connectivity index (χ3v) is 9.79. The Balaban J connectivity index is 1.29. The topological polar surface area (TPSA) is 30.7 Å². The Morgan fingerprint density at radius 1 is 0.382 bits per heavy atom. The van der Waals surface area contributed by atoms with E-state index in [2.05, 4.69) is 24.3 Å². The summed E-state index contributed by atoms with van der Waals surface area (Å²) in [5, 5.41) is 1.32. The van der Waals surface area contributed by atoms with E-state index in [-0.39, 0.29) is 16.8 Å². The first kappa shape index (κ1) is 23.3. The van der Waals surface area contributed by atoms with Crippen molar-refractivity contribution in [3.63, 3.8) is 0 Å². The standard InChI is InChI=1S/C52H35N3/c1-6-16-36(17-7-1)38-26-28-41(29-27-38)48-35-47(40-22-12-4-13-23-40)53-52(54-48)42-30-31-45-49(33-42)55(44-24-14-5-15-25-44)50-34-43(37-18-8-2-9-19-37)32-46(51(45)50)39-20-10-3-11-21-39/h1-35H/i2D,5D,8D,9D,14D,15D,18D,19D,24D,25D. The highest BCUT2D eigenvalue weighted by Gasteiger charge is 2.20. The summed E-state index contributed by atoms with van der Waals surface area (Å²) in [5.41, 5.74) is 8.19. The third kappa shape index (κ3) is 6.08. The van der Waals surface area contributed by atoms with Gasteiger partial charge < -0.3 is 4.57 Å². The fraction of sp³-hybridized carbons (Fsp3) is 0. The highest BCUT2D eigenvalue weighted by Crippen LogP contribution is 2.42. The molecule has 8 aromatic carbocycles. The van der Waals surface area contributed by atoms with Gasteiger partial charge >= 0.3 is 0 Å². The van der Waals surface area contributed by atoms with Gasteiger partial charge in [-0.2, -0.15) is 0 Å². The summed E-state index contributed by atoms with van der Waals surface area (Å²) in [6.07, 6.45) is 0. The van der Waals surface area contributed by atoms with E-state index in [1.54, 1.807) is 16.7 Å². The molecule has 0 atom stereocenters. The molecule has 0 N–H and O–H groups in total. The van der Waals surface area contributed by atoms with Crippen molar-refractivity contribution in [2.75, 3.05) is 0 Å². The predicted molar refractivity (Wildman–Crippen MR) is 229 cm³/mol. The molecule has 55 heavy (non-hydrogen) atoms. The van der Waals surface area contributed by atoms with E-state index in [0.717, 1.165) is 27.8 Å². The summed E-state index contributed by atoms with van der Waals surface area (Å²) >= 11 is 0. The molecule has 10 aromatic rings. The van der Waals surface area contributed by atoms with Crippen LogP contribution in [0.2, 0.25) is 0 Å². The van der Waals surface area contributed by atoms with Crippen LogP contribution in [-0.4, -0.2) is 14.5 Å². The Bertz CT molecular complexity index is 3470. The first-order valence-electron chi connectivity index (χ1n) is 22.8. The van der Waals surface area contributed by atoms with E-state index in [9.17, 15) is 2.74 Å². The van der Waals surface area contributed by atoms with Crippen LogP contribution < -0.4 is 0 Å². The van der Waals surface area contributed by atoms with Gasteiger partial charge in [-0.15, -0.1) is 0 Å². The van der Waals surface area contributed by atoms with Gasteiger partial charge in [-0.25, -0.2) is 9.97 Å². The van der Waals surface area contributed by atoms with Crippen molar-refractivity contribution in [2.24, 2.45) is 0 Å². The van der Waals surface area contributed by atoms with Crippen LogP contribution >= 0.6 is 0 Å². The molecule has 0 saturated carbocycles. The van der Waals surface area contributed by atoms with E-state index in [4.69, 9.17) is 20.9 Å². The van der Waals surface area contributed by atoms with Gasteiger partial charge in [-0.1, -0.05) is 176 Å². The van der Waals surface area contributed by atoms with Crippen LogP contribution in [0.15, 0.2) is 212 Å². The monoisotopic (exact) mass is 711 g/mol. The molecule has 10 rings (SSSR count). The Morgan fingerprint density at radius 2 is 0.891 bits per heavy atom. The Morgan fingerprint density at radius 3 is 1.55 bits per heavy atom. The molecule has 0 aliphatic rings. The third-order valence-electron chi connectivity index (χ3n) is 9.79. The number of hydrogen-bond donors (Lipinski definition) is 0. The molecule has 0 fully saturated rings. The van der Waals surface area contributed by atoms with Gasteiger partial charge in [0.15, 0.2) is 5.82 Å². The summed E-state index contributed by atoms with van der Waals surface area (Å²) < 4.78 is 89.2. The van der Waals surface area contributed by atoms with Crippen LogP contribution in [0.5, 0.6) is 0 Å². The fourth-order valence-electron chi connectivity index (χ4n) is 7.21. The molecule has 0 radical (unpaired) electrons. The number of aromatic nitrogens is 3. The van der Waals surface area contributed by atoms with Gasteiger partial charge in [0, 0.05) is 33.2 Å². The van der Waals surface area contributed by atoms with Crippen LogP contribution in [0.25, 0.3) is 94.8 Å². The van der Waals surface area contributed by atoms with Crippen LogP contribution in [0, 0.1) is 0 Å². The molecule has 0 bridgehead atoms. The lowest BCUT2D eigenvalue weighted by Crippen LogP contribution is -1.97. The highest BCUT2D eigenvalue weighted by molar-refractivity contribution is 6.17. The summed E-state index contributed by atoms with van der Waals surface area (Å²) in [7, 11) is 0. The SMILES string of the molecule is [2H]c1c([2H])c([2H])c(-c2cc(-c3ccccc3)c3c4ccc(-c5nc(-c6ccccc6)cc(-c6ccc(-c7ccccc7)cc6)n5)cc4n(-c4c([2H])c([2H])c([2H])c([2H])c4[2H])c3c2)c([2H])c1[2H]. The summed E-state index contributed by atoms with van der Waals surface area (Å²) in [6.45, 7) is 0. The largest absolute Gasteiger partial charge is 0.309 e. The van der Waals surface area contributed by atoms with Crippen LogP contribution in [0.1, 0.15) is 13.7 Å². The number of nitrogens with zero attached hydrogens (tertiary/aromatic N) is 3. The van der Waals surface area contributed by atoms with Crippen molar-refractivity contribution in [3.05, 3.63) is 212 Å². The minimum atomic E-state index is -0.551. The smallest absolute Gasteiger partial charge is 0.160 e. The molecule has 0 amide bonds. The molecular weight excluding hydrogens is 667 g/mol. The first-order chi connectivity index (χ1) is 31.4. The van der Waals surface area contributed by atoms with Crippen LogP contribution in [0.3, 0.4) is 0 Å². The highest BCUT2D eigenvalue weighted by atomic mass is 15.0. The Labute approximate surface area is 334 Å². The zero-order valence-corrected chi connectivity index (χ0v) is 29.3. The van der Waals surface area contributed by atoms with Gasteiger partial charge in [0.25, 0.3) is 0 Å². The van der Waals surface area contributed by atoms with E-state index < -0.39 is 60.4 Å². The number of fused-ring (bicyclic) bond motifs is 3. The second-order valence-electron chi connectivity index (χ2n) is 13.1. The van der Waals surface area contributed by atoms with Gasteiger partial charge in [0.1, 0.15) is 0 Å². The lowest BCUT2D eigenvalue weighted by molar-refractivity contribution is 1.17. The first-order valence-corrected chi connectivity index (χ1v) is 17.8. The number of rotatable bonds is 7. The molecule has 2 heterocycles. The number of hydrogen-bond acceptors (Lipinski definition) is 2. The van der Waals surface area contributed by atoms with Crippen molar-refractivity contribution in [3.8, 4) is 73.0 Å². The second-order valence-corrected chi connectivity index (χ2v) is 13.1. The van der Waals surface area contributed by atoms with Gasteiger partial charge in [-0.05, 0) is 69.7 Å². The molecule has 0 aliphatic heterocycles. The lowest BCUT2D eigenvalue weighted by Gasteiger charge is -2.12. The van der Waals surface area contributed by atoms with Crippen molar-refractivity contribution in [1.82, 2.24) is 14.5 Å². The predicted octanol–water partition coefficient (Wildman–Crippen LogP) is 13.6. The van der Waals surface area contributed by atoms with E-state index >= 15 is 0 Å². The van der Waals surface area contributed by atoms with Gasteiger partial charge in [-0.3, -0.25) is 0 Å². The van der Waals surface area contributed by atoms with Crippen molar-refractivity contribution >= 4 is 21.8 Å². The zero-order valence-electron chi connectivity index (χ0n) is 39.3. The maximum Gasteiger partial charge on any atom is 0.160 e. The minimum absolute atomic E-state index is 0.0379. The minimum Gasteiger partial charge on any atom is -0.309 e. The average molecular weight is 712 g/mol. The molecular formula is C52H35N3. The lowest BCUT2D eigenvalue weighted by atomic mass is 9.94. The molecule has 258 valence electrons. The summed E-state index contributed by atoms with van der Waals surface area (Å²) in [4.78, 5) is 10.2. The second kappa shape index (κ2) is 13.9. The zero-order chi connectivity index (χ0) is 45.3. The molecule has 0 unspecified atom stereocenters. The van der Waals surface area contributed by atoms with Crippen molar-refractivity contribution < 1.29 is 13.7 Å². The van der Waals surface area contributed by atoms with Gasteiger partial charge in [0.2, 0.25) is 0 Å². The molecule has 2 aromatic heterocycles. The summed E-state index contributed by atoms with van der Waals surface area (Å²) in [6, 6.07) is 43.7. The maximum atomic E-state index is 9.23. The van der Waals surface area contributed by atoms with Crippen molar-refractivity contribution in [2.45, 2.75) is 0 Å². The molecule has 3 heteroatoms. The van der Waals surface area contributed by atoms with Crippen molar-refractivity contribution in [1.29, 1.82) is 0 Å². The molecule has 0 aliphatic carbocycles. The summed E-state index contributed by atoms with van der Waals surface area (Å²) in [5.74, 6) is 0.386. The number of para-hydroxylation sites is 1. The van der Waals surface area contributed by atoms with Gasteiger partial charge in [0.05, 0.1) is 36.1 Å². The molecule has 3 nitrogen and oxygen atoms in total. The molecule has 0 spiro atoms. The van der Waals surface area contributed by atoms with E-state index in [1.807, 2.05) is 115 Å². The number of benzene rings is 8. The molecule has 0 saturated heterocycles. The maximum absolute atomic E-state index is 9.23. The van der Waals surface area contributed by atoms with E-state index in [1.165, 1.54) is 0 Å². The van der Waals surface area contributed by atoms with Crippen LogP contribution in [-0.2, 0) is 0 Å². The van der Waals surface area contributed by atoms with Crippen LogP contribution in [0.4, 0.5) is 0 Å². The fourth-order valence-corrected chi connectivity index (χ4v) is 7.21. The normalized spacial score (nSPS) is 13.8. The quantitative estimate of drug-likeness (QED) is 0.165. The average Bonchev–Trinajstić information content (AvgIpc) is 3.67. The van der Waals surface area contributed by atoms with E-state index in [0.29, 0.717) is 50.1 Å². The Hall–Kier alpha value is -7.36.